The van der Waals surface area contributed by atoms with E-state index in [4.69, 9.17) is 0 Å². The number of nitrogens with zero attached hydrogens (tertiary/aromatic N) is 3. The van der Waals surface area contributed by atoms with Gasteiger partial charge in [0, 0.05) is 30.7 Å². The molecule has 5 heteroatoms. The first-order valence-electron chi connectivity index (χ1n) is 4.35. The normalized spacial score (nSPS) is 10.1. The number of aryl methyl sites for hydroxylation is 1. The van der Waals surface area contributed by atoms with E-state index in [0.717, 1.165) is 17.1 Å². The number of rotatable bonds is 3. The van der Waals surface area contributed by atoms with Gasteiger partial charge < -0.3 is 5.32 Å². The van der Waals surface area contributed by atoms with Crippen LogP contribution in [0.4, 0.5) is 5.82 Å². The van der Waals surface area contributed by atoms with Crippen LogP contribution in [0.15, 0.2) is 24.8 Å². The molecule has 2 heterocycles. The number of hydrogen-bond acceptors (Lipinski definition) is 4. The molecule has 0 saturated carbocycles. The van der Waals surface area contributed by atoms with Gasteiger partial charge in [-0.2, -0.15) is 5.10 Å². The van der Waals surface area contributed by atoms with Crippen molar-refractivity contribution in [1.29, 1.82) is 0 Å². The van der Waals surface area contributed by atoms with Gasteiger partial charge >= 0.3 is 0 Å². The summed E-state index contributed by atoms with van der Waals surface area (Å²) < 4.78 is 0. The second kappa shape index (κ2) is 3.87. The van der Waals surface area contributed by atoms with Crippen LogP contribution in [0.1, 0.15) is 11.3 Å². The predicted octanol–water partition coefficient (Wildman–Crippen LogP) is 1.12. The van der Waals surface area contributed by atoms with E-state index in [0.29, 0.717) is 6.54 Å². The van der Waals surface area contributed by atoms with Crippen LogP contribution >= 0.6 is 0 Å². The molecule has 2 N–H and O–H groups in total. The summed E-state index contributed by atoms with van der Waals surface area (Å²) >= 11 is 0. The Morgan fingerprint density at radius 3 is 2.93 bits per heavy atom. The summed E-state index contributed by atoms with van der Waals surface area (Å²) in [6.07, 6.45) is 6.97. The fraction of sp³-hybridized carbons (Fsp3) is 0.222. The molecule has 0 aliphatic carbocycles. The highest BCUT2D eigenvalue weighted by molar-refractivity contribution is 5.38. The van der Waals surface area contributed by atoms with E-state index in [-0.39, 0.29) is 0 Å². The van der Waals surface area contributed by atoms with Gasteiger partial charge in [0.05, 0.1) is 11.9 Å². The van der Waals surface area contributed by atoms with E-state index in [1.807, 2.05) is 13.1 Å². The van der Waals surface area contributed by atoms with Gasteiger partial charge in [-0.1, -0.05) is 0 Å². The maximum Gasteiger partial charge on any atom is 0.147 e. The lowest BCUT2D eigenvalue weighted by atomic mass is 10.3. The van der Waals surface area contributed by atoms with Gasteiger partial charge in [0.15, 0.2) is 0 Å². The summed E-state index contributed by atoms with van der Waals surface area (Å²) in [5, 5.41) is 9.79. The van der Waals surface area contributed by atoms with Gasteiger partial charge in [0.1, 0.15) is 5.82 Å². The minimum absolute atomic E-state index is 0.704. The molecule has 0 atom stereocenters. The molecule has 72 valence electrons. The van der Waals surface area contributed by atoms with E-state index < -0.39 is 0 Å². The van der Waals surface area contributed by atoms with E-state index >= 15 is 0 Å². The van der Waals surface area contributed by atoms with Crippen molar-refractivity contribution in [2.45, 2.75) is 13.5 Å². The Morgan fingerprint density at radius 2 is 2.21 bits per heavy atom. The first kappa shape index (κ1) is 8.68. The molecule has 0 aromatic carbocycles. The summed E-state index contributed by atoms with van der Waals surface area (Å²) in [6.45, 7) is 2.63. The van der Waals surface area contributed by atoms with Crippen LogP contribution in [0.5, 0.6) is 0 Å². The Balaban J connectivity index is 2.02. The van der Waals surface area contributed by atoms with Crippen LogP contribution in [0, 0.1) is 6.92 Å². The fourth-order valence-electron chi connectivity index (χ4n) is 1.14. The van der Waals surface area contributed by atoms with E-state index in [2.05, 4.69) is 25.5 Å². The van der Waals surface area contributed by atoms with Crippen molar-refractivity contribution in [1.82, 2.24) is 20.2 Å². The smallest absolute Gasteiger partial charge is 0.147 e. The number of anilines is 1. The second-order valence-electron chi connectivity index (χ2n) is 2.95. The number of aromatic nitrogens is 4. The first-order valence-corrected chi connectivity index (χ1v) is 4.35. The summed E-state index contributed by atoms with van der Waals surface area (Å²) in [6, 6.07) is 0. The molecule has 2 rings (SSSR count). The zero-order valence-electron chi connectivity index (χ0n) is 7.86. The van der Waals surface area contributed by atoms with Crippen molar-refractivity contribution in [2.75, 3.05) is 5.32 Å². The lowest BCUT2D eigenvalue weighted by molar-refractivity contribution is 1.05. The van der Waals surface area contributed by atoms with Gasteiger partial charge in [-0.05, 0) is 6.92 Å². The maximum atomic E-state index is 4.17. The Kier molecular flexibility index (Phi) is 2.40. The molecule has 0 spiro atoms. The monoisotopic (exact) mass is 189 g/mol. The highest BCUT2D eigenvalue weighted by Crippen LogP contribution is 2.07. The highest BCUT2D eigenvalue weighted by Gasteiger charge is 1.99. The largest absolute Gasteiger partial charge is 0.364 e. The number of nitrogens with one attached hydrogen (secondary N) is 2. The molecule has 2 aromatic heterocycles. The lowest BCUT2D eigenvalue weighted by Crippen LogP contribution is -2.03. The van der Waals surface area contributed by atoms with Crippen molar-refractivity contribution in [3.05, 3.63) is 36.0 Å². The van der Waals surface area contributed by atoms with Crippen molar-refractivity contribution >= 4 is 5.82 Å². The third kappa shape index (κ3) is 1.87. The minimum atomic E-state index is 0.704. The fourth-order valence-corrected chi connectivity index (χ4v) is 1.14. The van der Waals surface area contributed by atoms with Crippen LogP contribution in [-0.4, -0.2) is 20.2 Å². The van der Waals surface area contributed by atoms with Gasteiger partial charge in [0.2, 0.25) is 0 Å². The standard InChI is InChI=1S/C9H11N5/c1-7-9(11-3-2-10-7)12-4-8-5-13-14-6-8/h2-3,5-6H,4H2,1H3,(H,11,12)(H,13,14). The van der Waals surface area contributed by atoms with Crippen molar-refractivity contribution in [2.24, 2.45) is 0 Å². The lowest BCUT2D eigenvalue weighted by Gasteiger charge is -2.04. The molecule has 0 unspecified atom stereocenters. The van der Waals surface area contributed by atoms with Gasteiger partial charge in [-0.15, -0.1) is 0 Å². The molecular weight excluding hydrogens is 178 g/mol. The van der Waals surface area contributed by atoms with Crippen molar-refractivity contribution in [3.63, 3.8) is 0 Å². The topological polar surface area (TPSA) is 66.5 Å². The molecule has 2 aromatic rings. The zero-order valence-corrected chi connectivity index (χ0v) is 7.86. The second-order valence-corrected chi connectivity index (χ2v) is 2.95. The van der Waals surface area contributed by atoms with Crippen LogP contribution in [0.2, 0.25) is 0 Å². The van der Waals surface area contributed by atoms with Crippen LogP contribution < -0.4 is 5.32 Å². The molecule has 14 heavy (non-hydrogen) atoms. The van der Waals surface area contributed by atoms with Crippen LogP contribution in [-0.2, 0) is 6.54 Å². The quantitative estimate of drug-likeness (QED) is 0.759. The summed E-state index contributed by atoms with van der Waals surface area (Å²) in [7, 11) is 0. The molecule has 0 amide bonds. The SMILES string of the molecule is Cc1nccnc1NCc1cn[nH]c1. The predicted molar refractivity (Wildman–Crippen MR) is 52.7 cm³/mol. The average Bonchev–Trinajstić information content (AvgIpc) is 2.69. The Morgan fingerprint density at radius 1 is 1.36 bits per heavy atom. The third-order valence-corrected chi connectivity index (χ3v) is 1.90. The molecule has 0 aliphatic rings. The van der Waals surface area contributed by atoms with Crippen molar-refractivity contribution in [3.8, 4) is 0 Å². The molecule has 5 nitrogen and oxygen atoms in total. The van der Waals surface area contributed by atoms with Crippen LogP contribution in [0.3, 0.4) is 0 Å². The number of aromatic amines is 1. The molecular formula is C9H11N5. The summed E-state index contributed by atoms with van der Waals surface area (Å²) in [4.78, 5) is 8.30. The van der Waals surface area contributed by atoms with Gasteiger partial charge in [0.25, 0.3) is 0 Å². The third-order valence-electron chi connectivity index (χ3n) is 1.90. The van der Waals surface area contributed by atoms with Crippen LogP contribution in [0.25, 0.3) is 0 Å². The Bertz CT molecular complexity index is 395. The molecule has 0 fully saturated rings. The van der Waals surface area contributed by atoms with E-state index in [9.17, 15) is 0 Å². The minimum Gasteiger partial charge on any atom is -0.364 e. The highest BCUT2D eigenvalue weighted by atomic mass is 15.1. The molecule has 0 radical (unpaired) electrons. The van der Waals surface area contributed by atoms with E-state index in [1.54, 1.807) is 18.6 Å². The molecule has 0 saturated heterocycles. The summed E-state index contributed by atoms with van der Waals surface area (Å²) in [5.74, 6) is 0.814. The van der Waals surface area contributed by atoms with Gasteiger partial charge in [-0.3, -0.25) is 10.1 Å². The van der Waals surface area contributed by atoms with Gasteiger partial charge in [-0.25, -0.2) is 4.98 Å². The van der Waals surface area contributed by atoms with E-state index in [1.165, 1.54) is 0 Å². The maximum absolute atomic E-state index is 4.17. The molecule has 0 bridgehead atoms. The first-order chi connectivity index (χ1) is 6.86. The van der Waals surface area contributed by atoms with Crippen molar-refractivity contribution < 1.29 is 0 Å². The number of hydrogen-bond donors (Lipinski definition) is 2. The average molecular weight is 189 g/mol. The number of H-pyrrole nitrogens is 1. The summed E-state index contributed by atoms with van der Waals surface area (Å²) in [5.41, 5.74) is 1.99. The molecule has 0 aliphatic heterocycles. The Labute approximate surface area is 81.6 Å². The Hall–Kier alpha value is -1.91. The zero-order chi connectivity index (χ0) is 9.80.